The van der Waals surface area contributed by atoms with Crippen LogP contribution in [0, 0.1) is 12.7 Å². The van der Waals surface area contributed by atoms with Crippen LogP contribution >= 0.6 is 0 Å². The molecule has 0 amide bonds. The molecule has 0 saturated heterocycles. The lowest BCUT2D eigenvalue weighted by Gasteiger charge is -2.08. The normalized spacial score (nSPS) is 10.3. The number of carbonyl (C=O) groups is 1. The summed E-state index contributed by atoms with van der Waals surface area (Å²) >= 11 is 0. The first-order chi connectivity index (χ1) is 9.52. The third-order valence-corrected chi connectivity index (χ3v) is 2.63. The summed E-state index contributed by atoms with van der Waals surface area (Å²) in [5.41, 5.74) is -0.0133. The molecule has 1 aromatic heterocycles. The maximum absolute atomic E-state index is 13.9. The number of aromatic nitrogens is 2. The molecule has 2 rings (SSSR count). The summed E-state index contributed by atoms with van der Waals surface area (Å²) in [5.74, 6) is -1.31. The highest BCUT2D eigenvalue weighted by Gasteiger charge is 2.15. The van der Waals surface area contributed by atoms with Crippen LogP contribution in [-0.2, 0) is 4.74 Å². The predicted molar refractivity (Wildman–Crippen MR) is 70.5 cm³/mol. The molecule has 0 fully saturated rings. The number of nitrogens with zero attached hydrogens (tertiary/aromatic N) is 2. The predicted octanol–water partition coefficient (Wildman–Crippen LogP) is 1.86. The van der Waals surface area contributed by atoms with Gasteiger partial charge < -0.3 is 4.74 Å². The molecule has 2 aromatic rings. The standard InChI is InChI=1S/C14H13FN2O3/c1-3-20-14(19)13-12(18)6-7-17(16-13)11-5-4-9(2)8-10(11)15/h4-8H,3H2,1-2H3. The zero-order valence-electron chi connectivity index (χ0n) is 11.1. The third-order valence-electron chi connectivity index (χ3n) is 2.63. The number of aryl methyl sites for hydroxylation is 1. The van der Waals surface area contributed by atoms with E-state index in [2.05, 4.69) is 5.10 Å². The lowest BCUT2D eigenvalue weighted by Crippen LogP contribution is -2.22. The molecule has 0 spiro atoms. The van der Waals surface area contributed by atoms with E-state index in [-0.39, 0.29) is 18.0 Å². The van der Waals surface area contributed by atoms with E-state index >= 15 is 0 Å². The van der Waals surface area contributed by atoms with Gasteiger partial charge in [0.25, 0.3) is 0 Å². The fourth-order valence-corrected chi connectivity index (χ4v) is 1.68. The molecule has 1 heterocycles. The molecule has 0 N–H and O–H groups in total. The van der Waals surface area contributed by atoms with Gasteiger partial charge in [0, 0.05) is 12.3 Å². The van der Waals surface area contributed by atoms with Gasteiger partial charge in [-0.25, -0.2) is 13.9 Å². The van der Waals surface area contributed by atoms with Crippen molar-refractivity contribution in [3.63, 3.8) is 0 Å². The van der Waals surface area contributed by atoms with Crippen molar-refractivity contribution in [3.05, 3.63) is 57.8 Å². The highest BCUT2D eigenvalue weighted by Crippen LogP contribution is 2.13. The van der Waals surface area contributed by atoms with Gasteiger partial charge in [0.1, 0.15) is 11.5 Å². The third kappa shape index (κ3) is 2.74. The summed E-state index contributed by atoms with van der Waals surface area (Å²) < 4.78 is 19.7. The van der Waals surface area contributed by atoms with Gasteiger partial charge in [-0.3, -0.25) is 4.79 Å². The number of carbonyl (C=O) groups excluding carboxylic acids is 1. The van der Waals surface area contributed by atoms with Crippen LogP contribution in [0.25, 0.3) is 5.69 Å². The van der Waals surface area contributed by atoms with Crippen LogP contribution in [0.3, 0.4) is 0 Å². The van der Waals surface area contributed by atoms with Gasteiger partial charge in [0.05, 0.1) is 6.61 Å². The minimum atomic E-state index is -0.820. The molecule has 0 saturated carbocycles. The van der Waals surface area contributed by atoms with E-state index in [1.807, 2.05) is 0 Å². The molecule has 0 atom stereocenters. The van der Waals surface area contributed by atoms with Gasteiger partial charge in [-0.2, -0.15) is 5.10 Å². The van der Waals surface area contributed by atoms with Crippen molar-refractivity contribution in [2.75, 3.05) is 6.61 Å². The van der Waals surface area contributed by atoms with Crippen LogP contribution in [0.5, 0.6) is 0 Å². The Kier molecular flexibility index (Phi) is 3.93. The Morgan fingerprint density at radius 1 is 1.40 bits per heavy atom. The van der Waals surface area contributed by atoms with E-state index < -0.39 is 17.2 Å². The number of hydrogen-bond donors (Lipinski definition) is 0. The van der Waals surface area contributed by atoms with Crippen molar-refractivity contribution in [1.29, 1.82) is 0 Å². The number of hydrogen-bond acceptors (Lipinski definition) is 4. The second-order valence-electron chi connectivity index (χ2n) is 4.15. The van der Waals surface area contributed by atoms with E-state index in [1.54, 1.807) is 19.9 Å². The number of benzene rings is 1. The fraction of sp³-hybridized carbons (Fsp3) is 0.214. The Balaban J connectivity index is 2.51. The lowest BCUT2D eigenvalue weighted by molar-refractivity contribution is 0.0515. The average molecular weight is 276 g/mol. The monoisotopic (exact) mass is 276 g/mol. The highest BCUT2D eigenvalue weighted by atomic mass is 19.1. The number of halogens is 1. The van der Waals surface area contributed by atoms with Crippen molar-refractivity contribution < 1.29 is 13.9 Å². The van der Waals surface area contributed by atoms with Crippen LogP contribution in [-0.4, -0.2) is 22.4 Å². The molecule has 0 radical (unpaired) electrons. The van der Waals surface area contributed by atoms with Crippen LogP contribution in [0.2, 0.25) is 0 Å². The molecular weight excluding hydrogens is 263 g/mol. The Hall–Kier alpha value is -2.50. The van der Waals surface area contributed by atoms with E-state index in [1.165, 1.54) is 18.3 Å². The summed E-state index contributed by atoms with van der Waals surface area (Å²) in [6.45, 7) is 3.52. The van der Waals surface area contributed by atoms with Crippen molar-refractivity contribution in [2.45, 2.75) is 13.8 Å². The minimum Gasteiger partial charge on any atom is -0.461 e. The van der Waals surface area contributed by atoms with Crippen LogP contribution < -0.4 is 5.43 Å². The van der Waals surface area contributed by atoms with Crippen molar-refractivity contribution in [3.8, 4) is 5.69 Å². The topological polar surface area (TPSA) is 61.2 Å². The van der Waals surface area contributed by atoms with Gasteiger partial charge in [0.15, 0.2) is 0 Å². The van der Waals surface area contributed by atoms with Crippen molar-refractivity contribution in [1.82, 2.24) is 9.78 Å². The summed E-state index contributed by atoms with van der Waals surface area (Å²) in [4.78, 5) is 23.2. The second kappa shape index (κ2) is 5.64. The minimum absolute atomic E-state index is 0.133. The van der Waals surface area contributed by atoms with Gasteiger partial charge in [0.2, 0.25) is 11.1 Å². The van der Waals surface area contributed by atoms with Crippen molar-refractivity contribution >= 4 is 5.97 Å². The zero-order valence-corrected chi connectivity index (χ0v) is 11.1. The van der Waals surface area contributed by atoms with Gasteiger partial charge in [-0.15, -0.1) is 0 Å². The molecule has 0 aliphatic rings. The number of ether oxygens (including phenoxy) is 1. The fourth-order valence-electron chi connectivity index (χ4n) is 1.68. The van der Waals surface area contributed by atoms with Gasteiger partial charge >= 0.3 is 5.97 Å². The number of esters is 1. The zero-order chi connectivity index (χ0) is 14.7. The van der Waals surface area contributed by atoms with E-state index in [9.17, 15) is 14.0 Å². The molecule has 104 valence electrons. The van der Waals surface area contributed by atoms with E-state index in [4.69, 9.17) is 4.74 Å². The van der Waals surface area contributed by atoms with Crippen LogP contribution in [0.4, 0.5) is 4.39 Å². The summed E-state index contributed by atoms with van der Waals surface area (Å²) in [5, 5.41) is 3.84. The smallest absolute Gasteiger partial charge is 0.362 e. The summed E-state index contributed by atoms with van der Waals surface area (Å²) in [6, 6.07) is 5.73. The molecule has 0 aliphatic carbocycles. The Bertz CT molecular complexity index is 710. The first kappa shape index (κ1) is 13.9. The molecule has 0 unspecified atom stereocenters. The molecule has 0 bridgehead atoms. The van der Waals surface area contributed by atoms with Crippen molar-refractivity contribution in [2.24, 2.45) is 0 Å². The quantitative estimate of drug-likeness (QED) is 0.803. The molecule has 1 aromatic carbocycles. The molecule has 0 aliphatic heterocycles. The molecule has 5 nitrogen and oxygen atoms in total. The maximum Gasteiger partial charge on any atom is 0.362 e. The Labute approximate surface area is 114 Å². The molecular formula is C14H13FN2O3. The first-order valence-corrected chi connectivity index (χ1v) is 6.06. The largest absolute Gasteiger partial charge is 0.461 e. The maximum atomic E-state index is 13.9. The molecule has 6 heteroatoms. The Morgan fingerprint density at radius 2 is 2.15 bits per heavy atom. The summed E-state index contributed by atoms with van der Waals surface area (Å²) in [6.07, 6.45) is 1.30. The van der Waals surface area contributed by atoms with Gasteiger partial charge in [-0.05, 0) is 31.5 Å². The van der Waals surface area contributed by atoms with Gasteiger partial charge in [-0.1, -0.05) is 6.07 Å². The SMILES string of the molecule is CCOC(=O)c1nn(-c2ccc(C)cc2F)ccc1=O. The summed E-state index contributed by atoms with van der Waals surface area (Å²) in [7, 11) is 0. The van der Waals surface area contributed by atoms with Crippen LogP contribution in [0.15, 0.2) is 35.3 Å². The van der Waals surface area contributed by atoms with E-state index in [0.717, 1.165) is 16.3 Å². The molecule has 20 heavy (non-hydrogen) atoms. The second-order valence-corrected chi connectivity index (χ2v) is 4.15. The number of rotatable bonds is 3. The lowest BCUT2D eigenvalue weighted by atomic mass is 10.2. The average Bonchev–Trinajstić information content (AvgIpc) is 2.40. The Morgan fingerprint density at radius 3 is 2.80 bits per heavy atom. The van der Waals surface area contributed by atoms with Crippen LogP contribution in [0.1, 0.15) is 23.0 Å². The van der Waals surface area contributed by atoms with E-state index in [0.29, 0.717) is 0 Å². The first-order valence-electron chi connectivity index (χ1n) is 6.06. The highest BCUT2D eigenvalue weighted by molar-refractivity contribution is 5.86.